The van der Waals surface area contributed by atoms with Gasteiger partial charge < -0.3 is 4.74 Å². The third-order valence-electron chi connectivity index (χ3n) is 3.60. The molecule has 4 rings (SSSR count). The van der Waals surface area contributed by atoms with Crippen LogP contribution in [0.25, 0.3) is 10.2 Å². The molecule has 0 saturated carbocycles. The molecule has 1 N–H and O–H groups in total. The van der Waals surface area contributed by atoms with E-state index in [4.69, 9.17) is 4.74 Å². The summed E-state index contributed by atoms with van der Waals surface area (Å²) in [5, 5.41) is 4.97. The molecule has 6 heteroatoms. The lowest BCUT2D eigenvalue weighted by molar-refractivity contribution is 0.480. The Hall–Kier alpha value is -3.25. The number of ether oxygens (including phenoxy) is 1. The van der Waals surface area contributed by atoms with E-state index in [1.807, 2.05) is 48.5 Å². The molecule has 0 bridgehead atoms. The molecule has 0 fully saturated rings. The third-order valence-corrected chi connectivity index (χ3v) is 4.54. The summed E-state index contributed by atoms with van der Waals surface area (Å²) in [4.78, 5) is 4.46. The van der Waals surface area contributed by atoms with Crippen LogP contribution < -0.4 is 10.2 Å². The van der Waals surface area contributed by atoms with Gasteiger partial charge in [-0.3, -0.25) is 5.43 Å². The van der Waals surface area contributed by atoms with Crippen molar-refractivity contribution < 1.29 is 9.13 Å². The van der Waals surface area contributed by atoms with Crippen LogP contribution in [0.4, 0.5) is 9.52 Å². The van der Waals surface area contributed by atoms with Gasteiger partial charge in [-0.25, -0.2) is 9.37 Å². The Morgan fingerprint density at radius 2 is 1.62 bits per heavy atom. The summed E-state index contributed by atoms with van der Waals surface area (Å²) in [6.45, 7) is 0. The molecule has 0 spiro atoms. The van der Waals surface area contributed by atoms with Crippen LogP contribution in [0.15, 0.2) is 77.9 Å². The van der Waals surface area contributed by atoms with Crippen molar-refractivity contribution in [2.75, 3.05) is 5.43 Å². The number of hydrogen-bond acceptors (Lipinski definition) is 5. The highest BCUT2D eigenvalue weighted by molar-refractivity contribution is 7.22. The molecular weight excluding hydrogens is 349 g/mol. The number of nitrogens with one attached hydrogen (secondary N) is 1. The second kappa shape index (κ2) is 7.33. The first-order valence-electron chi connectivity index (χ1n) is 7.94. The lowest BCUT2D eigenvalue weighted by Gasteiger charge is -2.05. The fourth-order valence-corrected chi connectivity index (χ4v) is 3.16. The van der Waals surface area contributed by atoms with Crippen molar-refractivity contribution in [1.29, 1.82) is 0 Å². The zero-order chi connectivity index (χ0) is 17.8. The van der Waals surface area contributed by atoms with E-state index in [0.717, 1.165) is 20.9 Å². The highest BCUT2D eigenvalue weighted by atomic mass is 32.1. The normalized spacial score (nSPS) is 11.1. The van der Waals surface area contributed by atoms with Crippen molar-refractivity contribution >= 4 is 32.9 Å². The lowest BCUT2D eigenvalue weighted by Crippen LogP contribution is -1.90. The summed E-state index contributed by atoms with van der Waals surface area (Å²) in [7, 11) is 0. The van der Waals surface area contributed by atoms with Gasteiger partial charge in [-0.2, -0.15) is 5.10 Å². The van der Waals surface area contributed by atoms with Gasteiger partial charge in [0.15, 0.2) is 0 Å². The van der Waals surface area contributed by atoms with Gasteiger partial charge in [0.05, 0.1) is 16.4 Å². The zero-order valence-electron chi connectivity index (χ0n) is 13.6. The van der Waals surface area contributed by atoms with Gasteiger partial charge in [-0.1, -0.05) is 23.5 Å². The Labute approximate surface area is 153 Å². The number of rotatable bonds is 5. The van der Waals surface area contributed by atoms with Crippen LogP contribution in [-0.2, 0) is 0 Å². The number of hydrogen-bond donors (Lipinski definition) is 1. The zero-order valence-corrected chi connectivity index (χ0v) is 14.4. The molecule has 4 nitrogen and oxygen atoms in total. The largest absolute Gasteiger partial charge is 0.457 e. The van der Waals surface area contributed by atoms with Crippen molar-refractivity contribution in [2.24, 2.45) is 5.10 Å². The summed E-state index contributed by atoms with van der Waals surface area (Å²) >= 11 is 1.55. The molecule has 0 unspecified atom stereocenters. The Balaban J connectivity index is 1.38. The molecule has 0 radical (unpaired) electrons. The van der Waals surface area contributed by atoms with E-state index in [-0.39, 0.29) is 5.82 Å². The number of para-hydroxylation sites is 1. The lowest BCUT2D eigenvalue weighted by atomic mass is 10.2. The molecule has 0 aliphatic rings. The predicted octanol–water partition coefficient (Wildman–Crippen LogP) is 5.67. The van der Waals surface area contributed by atoms with Crippen molar-refractivity contribution in [3.05, 3.63) is 84.2 Å². The molecule has 0 atom stereocenters. The number of fused-ring (bicyclic) bond motifs is 1. The molecule has 1 aromatic heterocycles. The fourth-order valence-electron chi connectivity index (χ4n) is 2.34. The number of anilines is 1. The van der Waals surface area contributed by atoms with Gasteiger partial charge >= 0.3 is 0 Å². The van der Waals surface area contributed by atoms with Gasteiger partial charge in [-0.15, -0.1) is 0 Å². The number of benzene rings is 3. The maximum Gasteiger partial charge on any atom is 0.204 e. The first-order chi connectivity index (χ1) is 12.8. The molecule has 0 aliphatic heterocycles. The van der Waals surface area contributed by atoms with Crippen molar-refractivity contribution in [3.8, 4) is 11.5 Å². The van der Waals surface area contributed by atoms with Gasteiger partial charge in [0.2, 0.25) is 5.13 Å². The molecule has 4 aromatic rings. The third kappa shape index (κ3) is 3.87. The molecule has 128 valence electrons. The summed E-state index contributed by atoms with van der Waals surface area (Å²) in [5.41, 5.74) is 4.83. The van der Waals surface area contributed by atoms with Crippen LogP contribution in [0.3, 0.4) is 0 Å². The van der Waals surface area contributed by atoms with E-state index < -0.39 is 0 Å². The molecule has 0 saturated heterocycles. The van der Waals surface area contributed by atoms with Crippen LogP contribution in [0.5, 0.6) is 11.5 Å². The van der Waals surface area contributed by atoms with E-state index in [1.165, 1.54) is 12.1 Å². The van der Waals surface area contributed by atoms with E-state index in [9.17, 15) is 4.39 Å². The molecule has 26 heavy (non-hydrogen) atoms. The first kappa shape index (κ1) is 16.2. The average Bonchev–Trinajstić information content (AvgIpc) is 3.08. The number of hydrazone groups is 1. The summed E-state index contributed by atoms with van der Waals surface area (Å²) in [6, 6.07) is 21.3. The Morgan fingerprint density at radius 3 is 2.35 bits per heavy atom. The van der Waals surface area contributed by atoms with Crippen molar-refractivity contribution in [3.63, 3.8) is 0 Å². The molecular formula is C20H14FN3OS. The second-order valence-corrected chi connectivity index (χ2v) is 6.51. The molecule has 3 aromatic carbocycles. The van der Waals surface area contributed by atoms with Crippen LogP contribution >= 0.6 is 11.3 Å². The molecule has 1 heterocycles. The van der Waals surface area contributed by atoms with E-state index in [2.05, 4.69) is 15.5 Å². The Morgan fingerprint density at radius 1 is 0.923 bits per heavy atom. The van der Waals surface area contributed by atoms with Gasteiger partial charge in [0.1, 0.15) is 17.3 Å². The van der Waals surface area contributed by atoms with E-state index in [0.29, 0.717) is 11.5 Å². The Kier molecular flexibility index (Phi) is 4.57. The SMILES string of the molecule is Fc1ccc(Oc2ccc(/C=N/Nc3nc4ccccc4s3)cc2)cc1. The first-order valence-corrected chi connectivity index (χ1v) is 8.76. The van der Waals surface area contributed by atoms with E-state index >= 15 is 0 Å². The smallest absolute Gasteiger partial charge is 0.204 e. The monoisotopic (exact) mass is 363 g/mol. The highest BCUT2D eigenvalue weighted by Gasteiger charge is 2.01. The van der Waals surface area contributed by atoms with Gasteiger partial charge in [0.25, 0.3) is 0 Å². The van der Waals surface area contributed by atoms with E-state index in [1.54, 1.807) is 29.7 Å². The minimum Gasteiger partial charge on any atom is -0.457 e. The van der Waals surface area contributed by atoms with Crippen molar-refractivity contribution in [1.82, 2.24) is 4.98 Å². The summed E-state index contributed by atoms with van der Waals surface area (Å²) in [6.07, 6.45) is 1.72. The Bertz CT molecular complexity index is 1010. The van der Waals surface area contributed by atoms with Crippen molar-refractivity contribution in [2.45, 2.75) is 0 Å². The minimum atomic E-state index is -0.287. The molecule has 0 aliphatic carbocycles. The number of thiazole rings is 1. The minimum absolute atomic E-state index is 0.287. The number of halogens is 1. The highest BCUT2D eigenvalue weighted by Crippen LogP contribution is 2.25. The number of nitrogens with zero attached hydrogens (tertiary/aromatic N) is 2. The maximum absolute atomic E-state index is 12.9. The maximum atomic E-state index is 12.9. The van der Waals surface area contributed by atoms with Crippen LogP contribution in [0.1, 0.15) is 5.56 Å². The average molecular weight is 363 g/mol. The standard InChI is InChI=1S/C20H14FN3OS/c21-15-7-11-17(12-8-15)25-16-9-5-14(6-10-16)13-22-24-20-23-18-3-1-2-4-19(18)26-20/h1-13H,(H,23,24)/b22-13+. The quantitative estimate of drug-likeness (QED) is 0.367. The van der Waals surface area contributed by atoms with Gasteiger partial charge in [-0.05, 0) is 66.2 Å². The summed E-state index contributed by atoms with van der Waals surface area (Å²) < 4.78 is 19.7. The fraction of sp³-hybridized carbons (Fsp3) is 0. The molecule has 0 amide bonds. The van der Waals surface area contributed by atoms with Crippen LogP contribution in [0.2, 0.25) is 0 Å². The topological polar surface area (TPSA) is 46.5 Å². The summed E-state index contributed by atoms with van der Waals surface area (Å²) in [5.74, 6) is 0.975. The van der Waals surface area contributed by atoms with Crippen LogP contribution in [-0.4, -0.2) is 11.2 Å². The second-order valence-electron chi connectivity index (χ2n) is 5.48. The van der Waals surface area contributed by atoms with Crippen LogP contribution in [0, 0.1) is 5.82 Å². The number of aromatic nitrogens is 1. The predicted molar refractivity (Wildman–Crippen MR) is 104 cm³/mol. The van der Waals surface area contributed by atoms with Gasteiger partial charge in [0, 0.05) is 0 Å².